The molecule has 0 saturated carbocycles. The topological polar surface area (TPSA) is 66.8 Å². The molecule has 0 aromatic heterocycles. The molecule has 0 aromatic rings. The number of unbranched alkanes of at least 4 members (excludes halogenated alkanes) is 1. The monoisotopic (exact) mass is 202 g/mol. The molecule has 0 atom stereocenters. The normalized spacial score (nSPS) is 20.6. The number of rotatable bonds is 5. The van der Waals surface area contributed by atoms with E-state index < -0.39 is 11.4 Å². The maximum atomic E-state index is 11.2. The fourth-order valence-corrected chi connectivity index (χ4v) is 1.91. The Kier molecular flexibility index (Phi) is 4.35. The molecule has 4 nitrogen and oxygen atoms in total. The van der Waals surface area contributed by atoms with Gasteiger partial charge in [-0.1, -0.05) is 6.42 Å². The minimum absolute atomic E-state index is 0.145. The first kappa shape index (κ1) is 11.5. The molecule has 0 radical (unpaired) electrons. The molecule has 14 heavy (non-hydrogen) atoms. The molecule has 0 unspecified atom stereocenters. The van der Waals surface area contributed by atoms with Crippen molar-refractivity contribution in [2.24, 2.45) is 5.41 Å². The van der Waals surface area contributed by atoms with Crippen molar-refractivity contribution in [3.05, 3.63) is 0 Å². The van der Waals surface area contributed by atoms with Gasteiger partial charge in [0, 0.05) is 19.8 Å². The Balaban J connectivity index is 2.47. The number of carboxylic acids is 1. The average molecular weight is 202 g/mol. The molecule has 82 valence electrons. The van der Waals surface area contributed by atoms with Crippen molar-refractivity contribution in [3.63, 3.8) is 0 Å². The van der Waals surface area contributed by atoms with E-state index in [2.05, 4.69) is 0 Å². The van der Waals surface area contributed by atoms with Crippen LogP contribution in [0.4, 0.5) is 0 Å². The van der Waals surface area contributed by atoms with Gasteiger partial charge >= 0.3 is 5.97 Å². The van der Waals surface area contributed by atoms with Crippen LogP contribution in [0.5, 0.6) is 0 Å². The van der Waals surface area contributed by atoms with Gasteiger partial charge in [-0.15, -0.1) is 0 Å². The van der Waals surface area contributed by atoms with E-state index in [1.54, 1.807) is 0 Å². The average Bonchev–Trinajstić information content (AvgIpc) is 2.19. The number of aliphatic hydroxyl groups is 1. The van der Waals surface area contributed by atoms with Gasteiger partial charge in [0.2, 0.25) is 0 Å². The zero-order chi connectivity index (χ0) is 10.4. The van der Waals surface area contributed by atoms with Gasteiger partial charge in [-0.3, -0.25) is 4.79 Å². The molecule has 1 rings (SSSR count). The molecule has 0 aliphatic carbocycles. The molecule has 2 N–H and O–H groups in total. The molecular formula is C10H18O4. The number of carbonyl (C=O) groups is 1. The van der Waals surface area contributed by atoms with Crippen molar-refractivity contribution in [1.82, 2.24) is 0 Å². The van der Waals surface area contributed by atoms with E-state index >= 15 is 0 Å². The molecule has 0 spiro atoms. The van der Waals surface area contributed by atoms with Crippen molar-refractivity contribution in [3.8, 4) is 0 Å². The fourth-order valence-electron chi connectivity index (χ4n) is 1.91. The number of hydrogen-bond donors (Lipinski definition) is 2. The lowest BCUT2D eigenvalue weighted by molar-refractivity contribution is -0.155. The third kappa shape index (κ3) is 2.69. The predicted molar refractivity (Wildman–Crippen MR) is 51.1 cm³/mol. The van der Waals surface area contributed by atoms with Crippen LogP contribution in [0.3, 0.4) is 0 Å². The van der Waals surface area contributed by atoms with Crippen molar-refractivity contribution in [2.75, 3.05) is 19.8 Å². The van der Waals surface area contributed by atoms with Crippen LogP contribution in [-0.2, 0) is 9.53 Å². The number of ether oxygens (including phenoxy) is 1. The van der Waals surface area contributed by atoms with E-state index in [1.807, 2.05) is 0 Å². The summed E-state index contributed by atoms with van der Waals surface area (Å²) in [7, 11) is 0. The van der Waals surface area contributed by atoms with E-state index in [0.717, 1.165) is 6.42 Å². The summed E-state index contributed by atoms with van der Waals surface area (Å²) in [5.74, 6) is -0.710. The summed E-state index contributed by atoms with van der Waals surface area (Å²) in [5, 5.41) is 17.8. The molecular weight excluding hydrogens is 184 g/mol. The Hall–Kier alpha value is -0.610. The summed E-state index contributed by atoms with van der Waals surface area (Å²) in [4.78, 5) is 11.2. The molecule has 0 aromatic carbocycles. The molecule has 1 heterocycles. The second kappa shape index (κ2) is 5.32. The van der Waals surface area contributed by atoms with Crippen LogP contribution < -0.4 is 0 Å². The lowest BCUT2D eigenvalue weighted by Gasteiger charge is -2.33. The highest BCUT2D eigenvalue weighted by atomic mass is 16.5. The Labute approximate surface area is 83.9 Å². The minimum Gasteiger partial charge on any atom is -0.481 e. The highest BCUT2D eigenvalue weighted by Crippen LogP contribution is 2.35. The van der Waals surface area contributed by atoms with Crippen LogP contribution in [0.1, 0.15) is 32.1 Å². The Morgan fingerprint density at radius 2 is 1.93 bits per heavy atom. The minimum atomic E-state index is -0.710. The first-order valence-electron chi connectivity index (χ1n) is 5.13. The SMILES string of the molecule is O=C(O)C1(CCCCO)CCOCC1. The Morgan fingerprint density at radius 3 is 2.43 bits per heavy atom. The zero-order valence-corrected chi connectivity index (χ0v) is 8.37. The van der Waals surface area contributed by atoms with Gasteiger partial charge in [0.25, 0.3) is 0 Å². The van der Waals surface area contributed by atoms with E-state index in [-0.39, 0.29) is 6.61 Å². The van der Waals surface area contributed by atoms with Gasteiger partial charge in [-0.2, -0.15) is 0 Å². The third-order valence-electron chi connectivity index (χ3n) is 2.97. The van der Waals surface area contributed by atoms with Crippen LogP contribution in [0, 0.1) is 5.41 Å². The maximum Gasteiger partial charge on any atom is 0.309 e. The van der Waals surface area contributed by atoms with Gasteiger partial charge in [-0.25, -0.2) is 0 Å². The van der Waals surface area contributed by atoms with Gasteiger partial charge in [0.1, 0.15) is 0 Å². The molecule has 1 aliphatic rings. The molecule has 0 bridgehead atoms. The Bertz CT molecular complexity index is 185. The molecule has 4 heteroatoms. The van der Waals surface area contributed by atoms with Gasteiger partial charge in [-0.05, 0) is 25.7 Å². The van der Waals surface area contributed by atoms with E-state index in [1.165, 1.54) is 0 Å². The molecule has 1 saturated heterocycles. The molecule has 0 amide bonds. The van der Waals surface area contributed by atoms with Gasteiger partial charge in [0.15, 0.2) is 0 Å². The van der Waals surface area contributed by atoms with Crippen LogP contribution in [-0.4, -0.2) is 36.0 Å². The van der Waals surface area contributed by atoms with Crippen molar-refractivity contribution in [1.29, 1.82) is 0 Å². The molecule has 1 aliphatic heterocycles. The quantitative estimate of drug-likeness (QED) is 0.653. The van der Waals surface area contributed by atoms with Gasteiger partial charge < -0.3 is 14.9 Å². The predicted octanol–water partition coefficient (Wildman–Crippen LogP) is 1.03. The number of aliphatic carboxylic acids is 1. The summed E-state index contributed by atoms with van der Waals surface area (Å²) in [6, 6.07) is 0. The zero-order valence-electron chi connectivity index (χ0n) is 8.37. The number of carboxylic acid groups (broad SMARTS) is 1. The second-order valence-corrected chi connectivity index (χ2v) is 3.88. The summed E-state index contributed by atoms with van der Waals surface area (Å²) >= 11 is 0. The Morgan fingerprint density at radius 1 is 1.29 bits per heavy atom. The first-order valence-corrected chi connectivity index (χ1v) is 5.13. The molecule has 1 fully saturated rings. The summed E-state index contributed by atoms with van der Waals surface area (Å²) in [6.45, 7) is 1.24. The first-order chi connectivity index (χ1) is 6.71. The third-order valence-corrected chi connectivity index (χ3v) is 2.97. The van der Waals surface area contributed by atoms with Crippen LogP contribution in [0.25, 0.3) is 0 Å². The van der Waals surface area contributed by atoms with Crippen LogP contribution in [0.2, 0.25) is 0 Å². The summed E-state index contributed by atoms with van der Waals surface area (Å²) < 4.78 is 5.17. The number of aliphatic hydroxyl groups excluding tert-OH is 1. The van der Waals surface area contributed by atoms with Crippen LogP contribution >= 0.6 is 0 Å². The van der Waals surface area contributed by atoms with Gasteiger partial charge in [0.05, 0.1) is 5.41 Å². The van der Waals surface area contributed by atoms with E-state index in [4.69, 9.17) is 9.84 Å². The maximum absolute atomic E-state index is 11.2. The van der Waals surface area contributed by atoms with E-state index in [9.17, 15) is 9.90 Å². The van der Waals surface area contributed by atoms with Crippen LogP contribution in [0.15, 0.2) is 0 Å². The van der Waals surface area contributed by atoms with E-state index in [0.29, 0.717) is 38.9 Å². The standard InChI is InChI=1S/C10H18O4/c11-6-2-1-3-10(9(12)13)4-7-14-8-5-10/h11H,1-8H2,(H,12,13). The smallest absolute Gasteiger partial charge is 0.309 e. The largest absolute Gasteiger partial charge is 0.481 e. The van der Waals surface area contributed by atoms with Crippen molar-refractivity contribution >= 4 is 5.97 Å². The highest BCUT2D eigenvalue weighted by Gasteiger charge is 2.39. The number of hydrogen-bond acceptors (Lipinski definition) is 3. The second-order valence-electron chi connectivity index (χ2n) is 3.88. The highest BCUT2D eigenvalue weighted by molar-refractivity contribution is 5.74. The fraction of sp³-hybridized carbons (Fsp3) is 0.900. The lowest BCUT2D eigenvalue weighted by Crippen LogP contribution is -2.37. The van der Waals surface area contributed by atoms with Crippen molar-refractivity contribution < 1.29 is 19.7 Å². The van der Waals surface area contributed by atoms with Crippen molar-refractivity contribution in [2.45, 2.75) is 32.1 Å². The summed E-state index contributed by atoms with van der Waals surface area (Å²) in [6.07, 6.45) is 3.34. The summed E-state index contributed by atoms with van der Waals surface area (Å²) in [5.41, 5.74) is -0.590. The lowest BCUT2D eigenvalue weighted by atomic mass is 9.76.